The van der Waals surface area contributed by atoms with Crippen LogP contribution in [0.15, 0.2) is 35.0 Å². The normalized spacial score (nSPS) is 23.5. The van der Waals surface area contributed by atoms with Gasteiger partial charge in [0.25, 0.3) is 0 Å². The molecule has 132 valence electrons. The number of nitrogens with zero attached hydrogens (tertiary/aromatic N) is 1. The molecule has 0 aliphatic carbocycles. The number of anilines is 1. The summed E-state index contributed by atoms with van der Waals surface area (Å²) in [5.74, 6) is 0.308. The number of thiophene rings is 1. The van der Waals surface area contributed by atoms with Gasteiger partial charge in [0.1, 0.15) is 0 Å². The van der Waals surface area contributed by atoms with Crippen molar-refractivity contribution in [2.45, 2.75) is 57.5 Å². The Kier molecular flexibility index (Phi) is 4.11. The summed E-state index contributed by atoms with van der Waals surface area (Å²) in [6, 6.07) is 9.41. The van der Waals surface area contributed by atoms with E-state index >= 15 is 0 Å². The van der Waals surface area contributed by atoms with E-state index in [1.165, 1.54) is 22.4 Å². The van der Waals surface area contributed by atoms with Crippen molar-refractivity contribution >= 4 is 22.9 Å². The van der Waals surface area contributed by atoms with Gasteiger partial charge in [-0.15, -0.1) is 0 Å². The van der Waals surface area contributed by atoms with Gasteiger partial charge in [-0.1, -0.05) is 32.9 Å². The Bertz CT molecular complexity index is 776. The lowest BCUT2D eigenvalue weighted by atomic mass is 9.82. The molecule has 1 aromatic heterocycles. The van der Waals surface area contributed by atoms with Crippen LogP contribution in [0.25, 0.3) is 0 Å². The number of carbonyl (C=O) groups excluding carboxylic acids is 1. The molecule has 0 spiro atoms. The van der Waals surface area contributed by atoms with Gasteiger partial charge >= 0.3 is 0 Å². The lowest BCUT2D eigenvalue weighted by Gasteiger charge is -2.39. The summed E-state index contributed by atoms with van der Waals surface area (Å²) < 4.78 is 0. The number of hydrogen-bond acceptors (Lipinski definition) is 3. The molecule has 2 aliphatic heterocycles. The van der Waals surface area contributed by atoms with Crippen LogP contribution >= 0.6 is 11.3 Å². The topological polar surface area (TPSA) is 32.3 Å². The molecule has 2 aromatic rings. The fourth-order valence-corrected chi connectivity index (χ4v) is 4.73. The van der Waals surface area contributed by atoms with Crippen LogP contribution in [0.2, 0.25) is 0 Å². The van der Waals surface area contributed by atoms with E-state index in [2.05, 4.69) is 66.0 Å². The smallest absolute Gasteiger partial charge is 0.223 e. The first kappa shape index (κ1) is 16.6. The predicted molar refractivity (Wildman–Crippen MR) is 104 cm³/mol. The Morgan fingerprint density at radius 1 is 1.24 bits per heavy atom. The molecule has 1 N–H and O–H groups in total. The maximum atomic E-state index is 12.5. The Balaban J connectivity index is 1.76. The van der Waals surface area contributed by atoms with Crippen molar-refractivity contribution in [1.29, 1.82) is 0 Å². The summed E-state index contributed by atoms with van der Waals surface area (Å²) in [7, 11) is 0. The molecule has 1 aromatic carbocycles. The van der Waals surface area contributed by atoms with Gasteiger partial charge in [0, 0.05) is 18.7 Å². The molecule has 1 saturated heterocycles. The van der Waals surface area contributed by atoms with Gasteiger partial charge in [-0.25, -0.2) is 0 Å². The van der Waals surface area contributed by atoms with Crippen molar-refractivity contribution in [1.82, 2.24) is 4.90 Å². The zero-order valence-corrected chi connectivity index (χ0v) is 16.0. The Morgan fingerprint density at radius 3 is 2.72 bits per heavy atom. The average Bonchev–Trinajstić information content (AvgIpc) is 3.24. The minimum absolute atomic E-state index is 0.110. The van der Waals surface area contributed by atoms with Crippen molar-refractivity contribution in [3.05, 3.63) is 51.7 Å². The zero-order valence-electron chi connectivity index (χ0n) is 15.2. The van der Waals surface area contributed by atoms with Crippen LogP contribution in [0.1, 0.15) is 68.8 Å². The van der Waals surface area contributed by atoms with Crippen LogP contribution in [0.5, 0.6) is 0 Å². The third kappa shape index (κ3) is 3.08. The molecule has 1 amide bonds. The van der Waals surface area contributed by atoms with E-state index in [0.717, 1.165) is 19.4 Å². The van der Waals surface area contributed by atoms with Crippen LogP contribution in [0.3, 0.4) is 0 Å². The zero-order chi connectivity index (χ0) is 17.6. The predicted octanol–water partition coefficient (Wildman–Crippen LogP) is 5.27. The summed E-state index contributed by atoms with van der Waals surface area (Å²) in [5.41, 5.74) is 5.24. The molecule has 4 heteroatoms. The van der Waals surface area contributed by atoms with Crippen molar-refractivity contribution in [3.63, 3.8) is 0 Å². The highest BCUT2D eigenvalue weighted by Crippen LogP contribution is 2.44. The summed E-state index contributed by atoms with van der Waals surface area (Å²) in [6.07, 6.45) is 2.63. The number of likely N-dealkylation sites (tertiary alicyclic amines) is 1. The van der Waals surface area contributed by atoms with Gasteiger partial charge in [-0.3, -0.25) is 4.79 Å². The van der Waals surface area contributed by atoms with Gasteiger partial charge in [0.05, 0.1) is 12.1 Å². The first-order valence-electron chi connectivity index (χ1n) is 9.16. The van der Waals surface area contributed by atoms with Gasteiger partial charge in [-0.2, -0.15) is 11.3 Å². The van der Waals surface area contributed by atoms with E-state index in [9.17, 15) is 4.79 Å². The minimum Gasteiger partial charge on any atom is -0.378 e. The third-order valence-corrected chi connectivity index (χ3v) is 6.20. The van der Waals surface area contributed by atoms with Gasteiger partial charge in [0.15, 0.2) is 0 Å². The quantitative estimate of drug-likeness (QED) is 0.797. The standard InChI is InChI=1S/C21H26N2OS/c1-21(2,3)15-6-7-17-16(11-15)19(23-9-4-5-20(23)24)12-18(22-17)14-8-10-25-13-14/h6-8,10-11,13,18-19,22H,4-5,9,12H2,1-3H3. The second-order valence-electron chi connectivity index (χ2n) is 8.25. The number of nitrogens with one attached hydrogen (secondary N) is 1. The van der Waals surface area contributed by atoms with Crippen LogP contribution in [0, 0.1) is 0 Å². The molecule has 3 nitrogen and oxygen atoms in total. The van der Waals surface area contributed by atoms with E-state index in [0.29, 0.717) is 12.3 Å². The molecule has 2 atom stereocenters. The lowest BCUT2D eigenvalue weighted by molar-refractivity contribution is -0.130. The Morgan fingerprint density at radius 2 is 2.08 bits per heavy atom. The highest BCUT2D eigenvalue weighted by Gasteiger charge is 2.36. The second-order valence-corrected chi connectivity index (χ2v) is 9.03. The minimum atomic E-state index is 0.110. The molecule has 1 fully saturated rings. The number of fused-ring (bicyclic) bond motifs is 1. The van der Waals surface area contributed by atoms with Crippen molar-refractivity contribution in [2.24, 2.45) is 0 Å². The molecule has 0 radical (unpaired) electrons. The highest BCUT2D eigenvalue weighted by molar-refractivity contribution is 7.08. The first-order chi connectivity index (χ1) is 11.9. The summed E-state index contributed by atoms with van der Waals surface area (Å²) in [4.78, 5) is 14.6. The second kappa shape index (κ2) is 6.17. The van der Waals surface area contributed by atoms with Crippen molar-refractivity contribution < 1.29 is 4.79 Å². The number of benzene rings is 1. The third-order valence-electron chi connectivity index (χ3n) is 5.50. The van der Waals surface area contributed by atoms with E-state index in [4.69, 9.17) is 0 Å². The first-order valence-corrected chi connectivity index (χ1v) is 10.1. The van der Waals surface area contributed by atoms with E-state index in [1.54, 1.807) is 11.3 Å². The maximum Gasteiger partial charge on any atom is 0.223 e. The molecule has 2 aliphatic rings. The molecular weight excluding hydrogens is 328 g/mol. The Labute approximate surface area is 154 Å². The van der Waals surface area contributed by atoms with Gasteiger partial charge < -0.3 is 10.2 Å². The Hall–Kier alpha value is -1.81. The molecular formula is C21H26N2OS. The SMILES string of the molecule is CC(C)(C)c1ccc2c(c1)C(N1CCCC1=O)CC(c1ccsc1)N2. The van der Waals surface area contributed by atoms with Crippen molar-refractivity contribution in [3.8, 4) is 0 Å². The molecule has 2 unspecified atom stereocenters. The van der Waals surface area contributed by atoms with E-state index in [-0.39, 0.29) is 17.5 Å². The fourth-order valence-electron chi connectivity index (χ4n) is 4.02. The summed E-state index contributed by atoms with van der Waals surface area (Å²) in [6.45, 7) is 7.62. The molecule has 0 saturated carbocycles. The number of hydrogen-bond donors (Lipinski definition) is 1. The average molecular weight is 355 g/mol. The monoisotopic (exact) mass is 354 g/mol. The number of amides is 1. The number of rotatable bonds is 2. The molecule has 4 rings (SSSR count). The maximum absolute atomic E-state index is 12.5. The van der Waals surface area contributed by atoms with Crippen LogP contribution < -0.4 is 5.32 Å². The van der Waals surface area contributed by atoms with Gasteiger partial charge in [-0.05, 0) is 57.8 Å². The fraction of sp³-hybridized carbons (Fsp3) is 0.476. The summed E-state index contributed by atoms with van der Waals surface area (Å²) in [5, 5.41) is 8.06. The van der Waals surface area contributed by atoms with Crippen LogP contribution in [0.4, 0.5) is 5.69 Å². The molecule has 3 heterocycles. The van der Waals surface area contributed by atoms with Crippen molar-refractivity contribution in [2.75, 3.05) is 11.9 Å². The lowest BCUT2D eigenvalue weighted by Crippen LogP contribution is -2.35. The van der Waals surface area contributed by atoms with E-state index in [1.807, 2.05) is 0 Å². The van der Waals surface area contributed by atoms with E-state index < -0.39 is 0 Å². The largest absolute Gasteiger partial charge is 0.378 e. The van der Waals surface area contributed by atoms with Gasteiger partial charge in [0.2, 0.25) is 5.91 Å². The molecule has 0 bridgehead atoms. The number of carbonyl (C=O) groups is 1. The summed E-state index contributed by atoms with van der Waals surface area (Å²) >= 11 is 1.73. The molecule has 25 heavy (non-hydrogen) atoms. The van der Waals surface area contributed by atoms with Crippen LogP contribution in [-0.2, 0) is 10.2 Å². The van der Waals surface area contributed by atoms with Crippen LogP contribution in [-0.4, -0.2) is 17.4 Å². The highest BCUT2D eigenvalue weighted by atomic mass is 32.1.